The highest BCUT2D eigenvalue weighted by atomic mass is 16.2. The fraction of sp³-hybridized carbons (Fsp3) is 0.381. The van der Waals surface area contributed by atoms with Crippen molar-refractivity contribution in [3.05, 3.63) is 47.3 Å². The van der Waals surface area contributed by atoms with Gasteiger partial charge in [-0.3, -0.25) is 9.48 Å². The quantitative estimate of drug-likeness (QED) is 0.697. The molecule has 1 aromatic carbocycles. The predicted octanol–water partition coefficient (Wildman–Crippen LogP) is 4.17. The first-order chi connectivity index (χ1) is 12.1. The zero-order chi connectivity index (χ0) is 19.2. The van der Waals surface area contributed by atoms with Crippen LogP contribution in [0, 0.1) is 13.8 Å². The van der Waals surface area contributed by atoms with Gasteiger partial charge in [0.15, 0.2) is 0 Å². The van der Waals surface area contributed by atoms with Crippen LogP contribution in [-0.2, 0) is 5.54 Å². The highest BCUT2D eigenvalue weighted by molar-refractivity contribution is 6.07. The molecular weight excluding hydrogens is 324 g/mol. The largest absolute Gasteiger partial charge is 0.345 e. The maximum atomic E-state index is 12.8. The van der Waals surface area contributed by atoms with E-state index >= 15 is 0 Å². The fourth-order valence-electron chi connectivity index (χ4n) is 3.07. The van der Waals surface area contributed by atoms with Crippen molar-refractivity contribution >= 4 is 16.8 Å². The molecule has 0 saturated heterocycles. The Balaban J connectivity index is 2.28. The molecule has 0 unspecified atom stereocenters. The molecular formula is C21H26N4O. The normalized spacial score (nSPS) is 11.8. The number of hydrogen-bond acceptors (Lipinski definition) is 3. The zero-order valence-corrected chi connectivity index (χ0v) is 16.6. The molecule has 5 heteroatoms. The minimum atomic E-state index is -0.107. The maximum absolute atomic E-state index is 12.8. The average molecular weight is 350 g/mol. The van der Waals surface area contributed by atoms with Gasteiger partial charge in [0, 0.05) is 31.2 Å². The smallest absolute Gasteiger partial charge is 0.254 e. The number of aromatic nitrogens is 3. The van der Waals surface area contributed by atoms with Crippen molar-refractivity contribution in [2.75, 3.05) is 14.1 Å². The lowest BCUT2D eigenvalue weighted by molar-refractivity contribution is 0.0829. The molecule has 2 aromatic heterocycles. The predicted molar refractivity (Wildman–Crippen MR) is 105 cm³/mol. The molecule has 0 radical (unpaired) electrons. The number of aryl methyl sites for hydroxylation is 2. The van der Waals surface area contributed by atoms with Gasteiger partial charge >= 0.3 is 0 Å². The van der Waals surface area contributed by atoms with E-state index in [0.717, 1.165) is 33.3 Å². The number of rotatable bonds is 2. The molecule has 0 bridgehead atoms. The third kappa shape index (κ3) is 3.21. The van der Waals surface area contributed by atoms with E-state index in [1.54, 1.807) is 19.0 Å². The summed E-state index contributed by atoms with van der Waals surface area (Å²) in [6.07, 6.45) is 3.80. The summed E-state index contributed by atoms with van der Waals surface area (Å²) < 4.78 is 1.92. The van der Waals surface area contributed by atoms with Gasteiger partial charge in [-0.1, -0.05) is 11.6 Å². The van der Waals surface area contributed by atoms with E-state index in [1.165, 1.54) is 0 Å². The Hall–Kier alpha value is -2.69. The van der Waals surface area contributed by atoms with Gasteiger partial charge in [0.25, 0.3) is 5.91 Å². The Morgan fingerprint density at radius 1 is 1.12 bits per heavy atom. The summed E-state index contributed by atoms with van der Waals surface area (Å²) in [6.45, 7) is 10.4. The lowest BCUT2D eigenvalue weighted by atomic mass is 10.00. The maximum Gasteiger partial charge on any atom is 0.254 e. The van der Waals surface area contributed by atoms with Crippen molar-refractivity contribution in [2.24, 2.45) is 0 Å². The number of amides is 1. The Morgan fingerprint density at radius 3 is 2.38 bits per heavy atom. The second-order valence-corrected chi connectivity index (χ2v) is 8.08. The van der Waals surface area contributed by atoms with E-state index in [-0.39, 0.29) is 11.4 Å². The standard InChI is InChI=1S/C21H26N4O/c1-13-8-14(2)19-16(9-13)17(20(26)24(6)7)10-18(23-19)15-11-22-25(12-15)21(3,4)5/h8-12H,1-7H3. The van der Waals surface area contributed by atoms with Crippen LogP contribution in [-0.4, -0.2) is 39.7 Å². The Morgan fingerprint density at radius 2 is 1.81 bits per heavy atom. The van der Waals surface area contributed by atoms with E-state index in [0.29, 0.717) is 5.56 Å². The molecule has 26 heavy (non-hydrogen) atoms. The van der Waals surface area contributed by atoms with Crippen LogP contribution in [0.15, 0.2) is 30.6 Å². The summed E-state index contributed by atoms with van der Waals surface area (Å²) in [5.74, 6) is -0.0214. The molecule has 0 aliphatic carbocycles. The monoisotopic (exact) mass is 350 g/mol. The molecule has 0 spiro atoms. The van der Waals surface area contributed by atoms with Crippen molar-refractivity contribution in [1.29, 1.82) is 0 Å². The van der Waals surface area contributed by atoms with Gasteiger partial charge in [0.05, 0.1) is 28.5 Å². The summed E-state index contributed by atoms with van der Waals surface area (Å²) in [6, 6.07) is 6.02. The number of pyridine rings is 1. The first-order valence-corrected chi connectivity index (χ1v) is 8.77. The summed E-state index contributed by atoms with van der Waals surface area (Å²) in [5, 5.41) is 5.37. The minimum Gasteiger partial charge on any atom is -0.345 e. The molecule has 0 aliphatic rings. The van der Waals surface area contributed by atoms with Gasteiger partial charge < -0.3 is 4.90 Å². The van der Waals surface area contributed by atoms with Gasteiger partial charge in [0.2, 0.25) is 0 Å². The van der Waals surface area contributed by atoms with Gasteiger partial charge in [-0.2, -0.15) is 5.10 Å². The van der Waals surface area contributed by atoms with E-state index in [2.05, 4.69) is 31.9 Å². The molecule has 136 valence electrons. The highest BCUT2D eigenvalue weighted by Gasteiger charge is 2.19. The van der Waals surface area contributed by atoms with Crippen molar-refractivity contribution < 1.29 is 4.79 Å². The number of fused-ring (bicyclic) bond motifs is 1. The van der Waals surface area contributed by atoms with E-state index in [4.69, 9.17) is 4.98 Å². The van der Waals surface area contributed by atoms with Crippen LogP contribution in [0.1, 0.15) is 42.3 Å². The molecule has 5 nitrogen and oxygen atoms in total. The summed E-state index contributed by atoms with van der Waals surface area (Å²) in [5.41, 5.74) is 5.30. The van der Waals surface area contributed by atoms with Crippen LogP contribution in [0.4, 0.5) is 0 Å². The first-order valence-electron chi connectivity index (χ1n) is 8.77. The van der Waals surface area contributed by atoms with Crippen molar-refractivity contribution in [3.63, 3.8) is 0 Å². The molecule has 2 heterocycles. The molecule has 0 fully saturated rings. The van der Waals surface area contributed by atoms with Crippen LogP contribution in [0.3, 0.4) is 0 Å². The van der Waals surface area contributed by atoms with E-state index < -0.39 is 0 Å². The lowest BCUT2D eigenvalue weighted by Crippen LogP contribution is -2.22. The molecule has 0 N–H and O–H groups in total. The summed E-state index contributed by atoms with van der Waals surface area (Å²) >= 11 is 0. The third-order valence-electron chi connectivity index (χ3n) is 4.45. The second kappa shape index (κ2) is 6.24. The van der Waals surface area contributed by atoms with Gasteiger partial charge in [-0.25, -0.2) is 4.98 Å². The Labute approximate surface area is 154 Å². The van der Waals surface area contributed by atoms with Crippen LogP contribution in [0.5, 0.6) is 0 Å². The Bertz CT molecular complexity index is 993. The van der Waals surface area contributed by atoms with Crippen molar-refractivity contribution in [1.82, 2.24) is 19.7 Å². The van der Waals surface area contributed by atoms with E-state index in [9.17, 15) is 4.79 Å². The highest BCUT2D eigenvalue weighted by Crippen LogP contribution is 2.29. The lowest BCUT2D eigenvalue weighted by Gasteiger charge is -2.18. The fourth-order valence-corrected chi connectivity index (χ4v) is 3.07. The molecule has 3 aromatic rings. The van der Waals surface area contributed by atoms with Gasteiger partial charge in [-0.05, 0) is 52.3 Å². The topological polar surface area (TPSA) is 51.0 Å². The first kappa shape index (κ1) is 18.1. The Kier molecular flexibility index (Phi) is 4.34. The molecule has 3 rings (SSSR count). The van der Waals surface area contributed by atoms with Crippen LogP contribution in [0.2, 0.25) is 0 Å². The number of carbonyl (C=O) groups excluding carboxylic acids is 1. The molecule has 0 aliphatic heterocycles. The number of nitrogens with zero attached hydrogens (tertiary/aromatic N) is 4. The van der Waals surface area contributed by atoms with Crippen LogP contribution >= 0.6 is 0 Å². The van der Waals surface area contributed by atoms with Crippen molar-refractivity contribution in [3.8, 4) is 11.3 Å². The van der Waals surface area contributed by atoms with Gasteiger partial charge in [0.1, 0.15) is 0 Å². The SMILES string of the molecule is Cc1cc(C)c2nc(-c3cnn(C(C)(C)C)c3)cc(C(=O)N(C)C)c2c1. The van der Waals surface area contributed by atoms with Crippen LogP contribution < -0.4 is 0 Å². The number of carbonyl (C=O) groups is 1. The summed E-state index contributed by atoms with van der Waals surface area (Å²) in [7, 11) is 3.54. The van der Waals surface area contributed by atoms with Crippen LogP contribution in [0.25, 0.3) is 22.2 Å². The minimum absolute atomic E-state index is 0.0214. The summed E-state index contributed by atoms with van der Waals surface area (Å²) in [4.78, 5) is 19.3. The average Bonchev–Trinajstić information content (AvgIpc) is 3.03. The molecule has 0 saturated carbocycles. The molecule has 0 atom stereocenters. The second-order valence-electron chi connectivity index (χ2n) is 8.08. The third-order valence-corrected chi connectivity index (χ3v) is 4.45. The van der Waals surface area contributed by atoms with Gasteiger partial charge in [-0.15, -0.1) is 0 Å². The van der Waals surface area contributed by atoms with E-state index in [1.807, 2.05) is 43.1 Å². The number of benzene rings is 1. The zero-order valence-electron chi connectivity index (χ0n) is 16.6. The van der Waals surface area contributed by atoms with Crippen molar-refractivity contribution in [2.45, 2.75) is 40.2 Å². The number of hydrogen-bond donors (Lipinski definition) is 0. The molecule has 1 amide bonds.